The summed E-state index contributed by atoms with van der Waals surface area (Å²) in [5.74, 6) is -0.310. The SMILES string of the molecule is COCCOc1ccc(Br)cc1C(=O)NC(=S)Nc1ccccc1C(=O)NC(C)c1ccccc1. The first-order valence-corrected chi connectivity index (χ1v) is 12.1. The molecule has 0 aromatic heterocycles. The molecule has 182 valence electrons. The van der Waals surface area contributed by atoms with Crippen molar-refractivity contribution in [1.82, 2.24) is 10.6 Å². The second-order valence-electron chi connectivity index (χ2n) is 7.54. The summed E-state index contributed by atoms with van der Waals surface area (Å²) in [4.78, 5) is 25.9. The Labute approximate surface area is 218 Å². The fourth-order valence-corrected chi connectivity index (χ4v) is 3.82. The number of carbonyl (C=O) groups excluding carboxylic acids is 2. The number of benzene rings is 3. The van der Waals surface area contributed by atoms with Gasteiger partial charge in [0.15, 0.2) is 5.11 Å². The first kappa shape index (κ1) is 26.3. The lowest BCUT2D eigenvalue weighted by Gasteiger charge is -2.17. The standard InChI is InChI=1S/C26H26BrN3O4S/c1-17(18-8-4-3-5-9-18)28-24(31)20-10-6-7-11-22(20)29-26(35)30-25(32)21-16-19(27)12-13-23(21)34-15-14-33-2/h3-13,16-17H,14-15H2,1-2H3,(H,28,31)(H2,29,30,32,35). The Morgan fingerprint density at radius 1 is 0.943 bits per heavy atom. The molecular weight excluding hydrogens is 530 g/mol. The number of hydrogen-bond acceptors (Lipinski definition) is 5. The molecule has 0 spiro atoms. The molecule has 0 aliphatic heterocycles. The zero-order valence-corrected chi connectivity index (χ0v) is 21.7. The lowest BCUT2D eigenvalue weighted by Crippen LogP contribution is -2.35. The maximum Gasteiger partial charge on any atom is 0.261 e. The average molecular weight is 556 g/mol. The van der Waals surface area contributed by atoms with Gasteiger partial charge in [-0.05, 0) is 55.0 Å². The fraction of sp³-hybridized carbons (Fsp3) is 0.192. The van der Waals surface area contributed by atoms with Gasteiger partial charge in [-0.25, -0.2) is 0 Å². The molecule has 3 N–H and O–H groups in total. The van der Waals surface area contributed by atoms with Crippen LogP contribution in [0.15, 0.2) is 77.3 Å². The van der Waals surface area contributed by atoms with Crippen LogP contribution in [-0.2, 0) is 4.74 Å². The average Bonchev–Trinajstić information content (AvgIpc) is 2.85. The second kappa shape index (κ2) is 13.0. The predicted octanol–water partition coefficient (Wildman–Crippen LogP) is 5.09. The molecule has 9 heteroatoms. The van der Waals surface area contributed by atoms with E-state index < -0.39 is 5.91 Å². The summed E-state index contributed by atoms with van der Waals surface area (Å²) in [6.45, 7) is 2.60. The van der Waals surface area contributed by atoms with Crippen molar-refractivity contribution in [2.24, 2.45) is 0 Å². The van der Waals surface area contributed by atoms with E-state index in [9.17, 15) is 9.59 Å². The molecule has 0 heterocycles. The van der Waals surface area contributed by atoms with Crippen molar-refractivity contribution in [2.45, 2.75) is 13.0 Å². The van der Waals surface area contributed by atoms with Crippen LogP contribution < -0.4 is 20.7 Å². The van der Waals surface area contributed by atoms with Crippen molar-refractivity contribution >= 4 is 50.8 Å². The summed E-state index contributed by atoms with van der Waals surface area (Å²) < 4.78 is 11.4. The van der Waals surface area contributed by atoms with Crippen molar-refractivity contribution in [1.29, 1.82) is 0 Å². The quantitative estimate of drug-likeness (QED) is 0.251. The second-order valence-corrected chi connectivity index (χ2v) is 8.87. The molecule has 3 rings (SSSR count). The maximum atomic E-state index is 13.0. The Kier molecular flexibility index (Phi) is 9.77. The summed E-state index contributed by atoms with van der Waals surface area (Å²) in [6.07, 6.45) is 0. The molecule has 3 aromatic carbocycles. The third-order valence-corrected chi connectivity index (χ3v) is 5.72. The first-order chi connectivity index (χ1) is 16.9. The number of methoxy groups -OCH3 is 1. The van der Waals surface area contributed by atoms with Crippen LogP contribution in [0.2, 0.25) is 0 Å². The van der Waals surface area contributed by atoms with Crippen LogP contribution in [-0.4, -0.2) is 37.3 Å². The highest BCUT2D eigenvalue weighted by Crippen LogP contribution is 2.24. The summed E-state index contributed by atoms with van der Waals surface area (Å²) >= 11 is 8.73. The summed E-state index contributed by atoms with van der Waals surface area (Å²) in [5.41, 5.74) is 2.17. The number of ether oxygens (including phenoxy) is 2. The van der Waals surface area contributed by atoms with Gasteiger partial charge in [-0.1, -0.05) is 58.4 Å². The van der Waals surface area contributed by atoms with Gasteiger partial charge in [0.2, 0.25) is 0 Å². The Morgan fingerprint density at radius 3 is 2.40 bits per heavy atom. The van der Waals surface area contributed by atoms with Gasteiger partial charge < -0.3 is 20.1 Å². The highest BCUT2D eigenvalue weighted by molar-refractivity contribution is 9.10. The van der Waals surface area contributed by atoms with Crippen LogP contribution in [0.1, 0.15) is 39.2 Å². The molecule has 1 unspecified atom stereocenters. The van der Waals surface area contributed by atoms with Crippen LogP contribution in [0.25, 0.3) is 0 Å². The van der Waals surface area contributed by atoms with E-state index in [-0.39, 0.29) is 17.1 Å². The molecule has 1 atom stereocenters. The molecule has 2 amide bonds. The smallest absolute Gasteiger partial charge is 0.261 e. The normalized spacial score (nSPS) is 11.3. The monoisotopic (exact) mass is 555 g/mol. The Bertz CT molecular complexity index is 1190. The van der Waals surface area contributed by atoms with Gasteiger partial charge in [-0.2, -0.15) is 0 Å². The summed E-state index contributed by atoms with van der Waals surface area (Å²) in [5, 5.41) is 8.65. The van der Waals surface area contributed by atoms with E-state index in [0.29, 0.717) is 35.8 Å². The number of nitrogens with one attached hydrogen (secondary N) is 3. The van der Waals surface area contributed by atoms with Gasteiger partial charge >= 0.3 is 0 Å². The van der Waals surface area contributed by atoms with Gasteiger partial charge in [-0.3, -0.25) is 14.9 Å². The van der Waals surface area contributed by atoms with Crippen LogP contribution in [0, 0.1) is 0 Å². The van der Waals surface area contributed by atoms with Gasteiger partial charge in [0.25, 0.3) is 11.8 Å². The van der Waals surface area contributed by atoms with Crippen molar-refractivity contribution in [3.8, 4) is 5.75 Å². The summed E-state index contributed by atoms with van der Waals surface area (Å²) in [7, 11) is 1.57. The maximum absolute atomic E-state index is 13.0. The van der Waals surface area contributed by atoms with E-state index in [1.165, 1.54) is 0 Å². The summed E-state index contributed by atoms with van der Waals surface area (Å²) in [6, 6.07) is 21.6. The van der Waals surface area contributed by atoms with E-state index in [2.05, 4.69) is 31.9 Å². The van der Waals surface area contributed by atoms with E-state index in [0.717, 1.165) is 10.0 Å². The van der Waals surface area contributed by atoms with Crippen molar-refractivity contribution in [3.63, 3.8) is 0 Å². The first-order valence-electron chi connectivity index (χ1n) is 10.9. The molecule has 0 aliphatic rings. The molecule has 0 saturated heterocycles. The highest BCUT2D eigenvalue weighted by Gasteiger charge is 2.18. The Balaban J connectivity index is 1.69. The van der Waals surface area contributed by atoms with E-state index in [1.54, 1.807) is 49.6 Å². The number of halogens is 1. The lowest BCUT2D eigenvalue weighted by molar-refractivity contribution is 0.0939. The van der Waals surface area contributed by atoms with Crippen LogP contribution in [0.3, 0.4) is 0 Å². The topological polar surface area (TPSA) is 88.7 Å². The minimum Gasteiger partial charge on any atom is -0.490 e. The molecule has 0 fully saturated rings. The number of hydrogen-bond donors (Lipinski definition) is 3. The number of thiocarbonyl (C=S) groups is 1. The minimum atomic E-state index is -0.448. The van der Waals surface area contributed by atoms with Gasteiger partial charge in [0.1, 0.15) is 12.4 Å². The molecule has 7 nitrogen and oxygen atoms in total. The van der Waals surface area contributed by atoms with Crippen molar-refractivity contribution in [2.75, 3.05) is 25.6 Å². The molecule has 35 heavy (non-hydrogen) atoms. The van der Waals surface area contributed by atoms with Gasteiger partial charge in [0.05, 0.1) is 29.5 Å². The van der Waals surface area contributed by atoms with Gasteiger partial charge in [-0.15, -0.1) is 0 Å². The van der Waals surface area contributed by atoms with E-state index in [4.69, 9.17) is 21.7 Å². The molecule has 0 saturated carbocycles. The largest absolute Gasteiger partial charge is 0.490 e. The zero-order chi connectivity index (χ0) is 25.2. The zero-order valence-electron chi connectivity index (χ0n) is 19.3. The number of carbonyl (C=O) groups is 2. The molecule has 3 aromatic rings. The Morgan fingerprint density at radius 2 is 1.66 bits per heavy atom. The lowest BCUT2D eigenvalue weighted by atomic mass is 10.1. The van der Waals surface area contributed by atoms with Crippen LogP contribution in [0.5, 0.6) is 5.75 Å². The molecule has 0 bridgehead atoms. The number of amides is 2. The third-order valence-electron chi connectivity index (χ3n) is 5.03. The number of para-hydroxylation sites is 1. The van der Waals surface area contributed by atoms with E-state index in [1.807, 2.05) is 37.3 Å². The van der Waals surface area contributed by atoms with Crippen LogP contribution in [0.4, 0.5) is 5.69 Å². The molecule has 0 aliphatic carbocycles. The molecule has 0 radical (unpaired) electrons. The third kappa shape index (κ3) is 7.61. The minimum absolute atomic E-state index is 0.0502. The van der Waals surface area contributed by atoms with Crippen LogP contribution >= 0.6 is 28.1 Å². The predicted molar refractivity (Wildman–Crippen MR) is 144 cm³/mol. The van der Waals surface area contributed by atoms with Crippen molar-refractivity contribution < 1.29 is 19.1 Å². The number of rotatable bonds is 9. The number of anilines is 1. The highest BCUT2D eigenvalue weighted by atomic mass is 79.9. The molecular formula is C26H26BrN3O4S. The van der Waals surface area contributed by atoms with Crippen molar-refractivity contribution in [3.05, 3.63) is 94.0 Å². The van der Waals surface area contributed by atoms with Gasteiger partial charge in [0, 0.05) is 11.6 Å². The Hall–Kier alpha value is -3.27. The van der Waals surface area contributed by atoms with E-state index >= 15 is 0 Å². The fourth-order valence-electron chi connectivity index (χ4n) is 3.25.